The lowest BCUT2D eigenvalue weighted by Crippen LogP contribution is -2.40. The van der Waals surface area contributed by atoms with Gasteiger partial charge in [-0.3, -0.25) is 9.36 Å². The SMILES string of the molecule is CCOC(=O)C1=C(C)N=c2sc(=Cc3c(OCC)ccc4ccccc34)c(=O)n2C1c1ccc(C(C)C)cc1. The highest BCUT2D eigenvalue weighted by Gasteiger charge is 2.33. The molecule has 1 aromatic heterocycles. The van der Waals surface area contributed by atoms with Gasteiger partial charge in [0, 0.05) is 5.56 Å². The number of carbonyl (C=O) groups is 1. The highest BCUT2D eigenvalue weighted by molar-refractivity contribution is 7.07. The van der Waals surface area contributed by atoms with Crippen molar-refractivity contribution in [2.24, 2.45) is 4.99 Å². The minimum atomic E-state index is -0.637. The molecule has 6 nitrogen and oxygen atoms in total. The number of carbonyl (C=O) groups excluding carboxylic acids is 1. The van der Waals surface area contributed by atoms with Gasteiger partial charge < -0.3 is 9.47 Å². The van der Waals surface area contributed by atoms with Crippen LogP contribution in [0.4, 0.5) is 0 Å². The van der Waals surface area contributed by atoms with Gasteiger partial charge >= 0.3 is 5.97 Å². The average Bonchev–Trinajstić information content (AvgIpc) is 3.23. The second-order valence-corrected chi connectivity index (χ2v) is 10.8. The average molecular weight is 541 g/mol. The predicted molar refractivity (Wildman–Crippen MR) is 156 cm³/mol. The van der Waals surface area contributed by atoms with Crippen molar-refractivity contribution in [3.05, 3.63) is 108 Å². The number of rotatable bonds is 7. The van der Waals surface area contributed by atoms with Gasteiger partial charge in [0.15, 0.2) is 4.80 Å². The normalized spacial score (nSPS) is 15.4. The third-order valence-electron chi connectivity index (χ3n) is 6.94. The van der Waals surface area contributed by atoms with E-state index in [1.54, 1.807) is 18.4 Å². The molecule has 0 fully saturated rings. The molecule has 0 saturated carbocycles. The standard InChI is InChI=1S/C32H32N2O4S/c1-6-37-26-17-16-22-10-8-9-11-24(22)25(26)18-27-30(35)34-29(23-14-12-21(13-15-23)19(3)4)28(31(36)38-7-2)20(5)33-32(34)39-27/h8-19,29H,6-7H2,1-5H3. The number of benzene rings is 3. The highest BCUT2D eigenvalue weighted by Crippen LogP contribution is 2.32. The van der Waals surface area contributed by atoms with Crippen molar-refractivity contribution in [3.63, 3.8) is 0 Å². The zero-order chi connectivity index (χ0) is 27.7. The smallest absolute Gasteiger partial charge is 0.338 e. The summed E-state index contributed by atoms with van der Waals surface area (Å²) in [4.78, 5) is 32.5. The second kappa shape index (κ2) is 11.0. The maximum Gasteiger partial charge on any atom is 0.338 e. The molecule has 3 aromatic carbocycles. The monoisotopic (exact) mass is 540 g/mol. The minimum Gasteiger partial charge on any atom is -0.493 e. The number of nitrogens with zero attached hydrogens (tertiary/aromatic N) is 2. The van der Waals surface area contributed by atoms with E-state index in [0.717, 1.165) is 21.9 Å². The molecule has 2 heterocycles. The van der Waals surface area contributed by atoms with Crippen molar-refractivity contribution in [2.45, 2.75) is 46.6 Å². The Morgan fingerprint density at radius 1 is 1.05 bits per heavy atom. The zero-order valence-electron chi connectivity index (χ0n) is 22.9. The fraction of sp³-hybridized carbons (Fsp3) is 0.281. The summed E-state index contributed by atoms with van der Waals surface area (Å²) in [6.07, 6.45) is 1.89. The van der Waals surface area contributed by atoms with Crippen LogP contribution in [0.3, 0.4) is 0 Å². The van der Waals surface area contributed by atoms with Crippen LogP contribution in [-0.2, 0) is 9.53 Å². The molecule has 1 atom stereocenters. The van der Waals surface area contributed by atoms with Crippen LogP contribution in [-0.4, -0.2) is 23.8 Å². The van der Waals surface area contributed by atoms with Crippen LogP contribution >= 0.6 is 11.3 Å². The summed E-state index contributed by atoms with van der Waals surface area (Å²) in [5, 5.41) is 2.06. The molecule has 0 N–H and O–H groups in total. The lowest BCUT2D eigenvalue weighted by molar-refractivity contribution is -0.139. The third kappa shape index (κ3) is 4.94. The molecule has 0 spiro atoms. The maximum absolute atomic E-state index is 14.1. The van der Waals surface area contributed by atoms with Gasteiger partial charge in [-0.2, -0.15) is 0 Å². The first-order chi connectivity index (χ1) is 18.8. The zero-order valence-corrected chi connectivity index (χ0v) is 23.7. The maximum atomic E-state index is 14.1. The molecule has 1 aliphatic heterocycles. The molecule has 0 amide bonds. The van der Waals surface area contributed by atoms with Gasteiger partial charge in [-0.05, 0) is 60.7 Å². The first-order valence-corrected chi connectivity index (χ1v) is 14.1. The number of hydrogen-bond acceptors (Lipinski definition) is 6. The van der Waals surface area contributed by atoms with Crippen LogP contribution < -0.4 is 19.6 Å². The summed E-state index contributed by atoms with van der Waals surface area (Å²) in [6.45, 7) is 10.5. The Morgan fingerprint density at radius 3 is 2.49 bits per heavy atom. The minimum absolute atomic E-state index is 0.207. The predicted octanol–water partition coefficient (Wildman–Crippen LogP) is 5.47. The Labute approximate surface area is 231 Å². The number of fused-ring (bicyclic) bond motifs is 2. The fourth-order valence-electron chi connectivity index (χ4n) is 5.01. The first kappa shape index (κ1) is 26.6. The Balaban J connectivity index is 1.76. The van der Waals surface area contributed by atoms with E-state index >= 15 is 0 Å². The van der Waals surface area contributed by atoms with Gasteiger partial charge in [0.1, 0.15) is 5.75 Å². The Kier molecular flexibility index (Phi) is 7.53. The van der Waals surface area contributed by atoms with Gasteiger partial charge in [0.2, 0.25) is 0 Å². The van der Waals surface area contributed by atoms with E-state index < -0.39 is 12.0 Å². The van der Waals surface area contributed by atoms with Crippen molar-refractivity contribution >= 4 is 34.2 Å². The van der Waals surface area contributed by atoms with Crippen molar-refractivity contribution in [3.8, 4) is 5.75 Å². The second-order valence-electron chi connectivity index (χ2n) is 9.76. The summed E-state index contributed by atoms with van der Waals surface area (Å²) in [5.74, 6) is 0.618. The van der Waals surface area contributed by atoms with Gasteiger partial charge in [-0.25, -0.2) is 9.79 Å². The molecule has 39 heavy (non-hydrogen) atoms. The molecule has 4 aromatic rings. The van der Waals surface area contributed by atoms with Crippen LogP contribution in [0.5, 0.6) is 5.75 Å². The Bertz CT molecular complexity index is 1760. The fourth-order valence-corrected chi connectivity index (χ4v) is 6.04. The summed E-state index contributed by atoms with van der Waals surface area (Å²) in [6, 6.07) is 19.5. The van der Waals surface area contributed by atoms with E-state index in [0.29, 0.717) is 38.9 Å². The number of aromatic nitrogens is 1. The summed E-state index contributed by atoms with van der Waals surface area (Å²) < 4.78 is 13.5. The third-order valence-corrected chi connectivity index (χ3v) is 7.92. The number of ether oxygens (including phenoxy) is 2. The number of allylic oxidation sites excluding steroid dienone is 1. The molecular formula is C32H32N2O4S. The lowest BCUT2D eigenvalue weighted by atomic mass is 9.93. The van der Waals surface area contributed by atoms with Crippen LogP contribution in [0, 0.1) is 0 Å². The van der Waals surface area contributed by atoms with Gasteiger partial charge in [0.25, 0.3) is 5.56 Å². The van der Waals surface area contributed by atoms with Crippen LogP contribution in [0.1, 0.15) is 63.3 Å². The number of esters is 1. The molecule has 1 aliphatic rings. The highest BCUT2D eigenvalue weighted by atomic mass is 32.1. The molecular weight excluding hydrogens is 508 g/mol. The molecule has 0 bridgehead atoms. The molecule has 5 rings (SSSR count). The van der Waals surface area contributed by atoms with Gasteiger partial charge in [-0.15, -0.1) is 0 Å². The van der Waals surface area contributed by atoms with Crippen molar-refractivity contribution in [1.82, 2.24) is 4.57 Å². The summed E-state index contributed by atoms with van der Waals surface area (Å²) in [5.41, 5.74) is 3.60. The van der Waals surface area contributed by atoms with E-state index in [2.05, 4.69) is 26.0 Å². The van der Waals surface area contributed by atoms with Gasteiger partial charge in [0.05, 0.1) is 35.1 Å². The summed E-state index contributed by atoms with van der Waals surface area (Å²) in [7, 11) is 0. The van der Waals surface area contributed by atoms with Crippen LogP contribution in [0.25, 0.3) is 16.8 Å². The van der Waals surface area contributed by atoms with Crippen molar-refractivity contribution < 1.29 is 14.3 Å². The molecule has 1 unspecified atom stereocenters. The first-order valence-electron chi connectivity index (χ1n) is 13.3. The van der Waals surface area contributed by atoms with Crippen molar-refractivity contribution in [2.75, 3.05) is 13.2 Å². The largest absolute Gasteiger partial charge is 0.493 e. The molecule has 200 valence electrons. The molecule has 0 aliphatic carbocycles. The molecule has 0 saturated heterocycles. The van der Waals surface area contributed by atoms with E-state index in [1.807, 2.05) is 61.5 Å². The summed E-state index contributed by atoms with van der Waals surface area (Å²) >= 11 is 1.32. The van der Waals surface area contributed by atoms with E-state index in [1.165, 1.54) is 16.9 Å². The molecule has 7 heteroatoms. The van der Waals surface area contributed by atoms with Crippen LogP contribution in [0.15, 0.2) is 81.7 Å². The van der Waals surface area contributed by atoms with E-state index in [4.69, 9.17) is 14.5 Å². The quantitative estimate of drug-likeness (QED) is 0.292. The Morgan fingerprint density at radius 2 is 1.79 bits per heavy atom. The van der Waals surface area contributed by atoms with Gasteiger partial charge in [-0.1, -0.05) is 79.8 Å². The number of thiazole rings is 1. The lowest BCUT2D eigenvalue weighted by Gasteiger charge is -2.25. The molecule has 0 radical (unpaired) electrons. The topological polar surface area (TPSA) is 69.9 Å². The number of hydrogen-bond donors (Lipinski definition) is 0. The van der Waals surface area contributed by atoms with Crippen molar-refractivity contribution in [1.29, 1.82) is 0 Å². The van der Waals surface area contributed by atoms with E-state index in [-0.39, 0.29) is 12.2 Å². The Hall–Kier alpha value is -3.97. The van der Waals surface area contributed by atoms with E-state index in [9.17, 15) is 9.59 Å². The van der Waals surface area contributed by atoms with Crippen LogP contribution in [0.2, 0.25) is 0 Å².